The maximum absolute atomic E-state index is 11.1. The molecular weight excluding hydrogens is 276 g/mol. The van der Waals surface area contributed by atoms with Crippen molar-refractivity contribution >= 4 is 23.1 Å². The van der Waals surface area contributed by atoms with Crippen molar-refractivity contribution in [1.29, 1.82) is 0 Å². The van der Waals surface area contributed by atoms with E-state index in [2.05, 4.69) is 11.6 Å². The number of benzene rings is 1. The van der Waals surface area contributed by atoms with E-state index in [4.69, 9.17) is 4.74 Å². The van der Waals surface area contributed by atoms with Crippen LogP contribution in [0.2, 0.25) is 0 Å². The zero-order valence-electron chi connectivity index (χ0n) is 11.8. The summed E-state index contributed by atoms with van der Waals surface area (Å²) in [5.41, 5.74) is 0.666. The molecule has 1 fully saturated rings. The van der Waals surface area contributed by atoms with Gasteiger partial charge in [0.1, 0.15) is 11.4 Å². The highest BCUT2D eigenvalue weighted by Crippen LogP contribution is 2.33. The highest BCUT2D eigenvalue weighted by Gasteiger charge is 2.23. The molecule has 1 saturated carbocycles. The normalized spacial score (nSPS) is 22.3. The Labute approximate surface area is 123 Å². The molecule has 1 aliphatic carbocycles. The SMILES string of the molecule is COc1ccc([N+](=O)[O-])c(NC2CCC(SC)CC2)c1. The monoisotopic (exact) mass is 296 g/mol. The van der Waals surface area contributed by atoms with Crippen molar-refractivity contribution in [1.82, 2.24) is 0 Å². The number of nitro benzene ring substituents is 1. The zero-order chi connectivity index (χ0) is 14.5. The van der Waals surface area contributed by atoms with E-state index in [9.17, 15) is 10.1 Å². The number of hydrogen-bond acceptors (Lipinski definition) is 5. The van der Waals surface area contributed by atoms with Gasteiger partial charge in [0.2, 0.25) is 0 Å². The average molecular weight is 296 g/mol. The average Bonchev–Trinajstić information content (AvgIpc) is 2.47. The van der Waals surface area contributed by atoms with Gasteiger partial charge in [-0.3, -0.25) is 10.1 Å². The van der Waals surface area contributed by atoms with Gasteiger partial charge in [-0.25, -0.2) is 0 Å². The van der Waals surface area contributed by atoms with Gasteiger partial charge in [-0.1, -0.05) is 0 Å². The Morgan fingerprint density at radius 2 is 2.05 bits per heavy atom. The minimum atomic E-state index is -0.352. The molecule has 0 heterocycles. The molecule has 1 aromatic rings. The first-order chi connectivity index (χ1) is 9.63. The van der Waals surface area contributed by atoms with E-state index in [1.165, 1.54) is 6.07 Å². The molecule has 0 aromatic heterocycles. The Bertz CT molecular complexity index is 473. The van der Waals surface area contributed by atoms with Gasteiger partial charge in [0.25, 0.3) is 5.69 Å². The van der Waals surface area contributed by atoms with Crippen molar-refractivity contribution in [2.75, 3.05) is 18.7 Å². The summed E-state index contributed by atoms with van der Waals surface area (Å²) in [7, 11) is 1.56. The number of nitrogens with one attached hydrogen (secondary N) is 1. The maximum atomic E-state index is 11.1. The maximum Gasteiger partial charge on any atom is 0.292 e. The summed E-state index contributed by atoms with van der Waals surface area (Å²) in [6.07, 6.45) is 6.58. The van der Waals surface area contributed by atoms with Crippen LogP contribution in [0.15, 0.2) is 18.2 Å². The minimum absolute atomic E-state index is 0.109. The lowest BCUT2D eigenvalue weighted by Gasteiger charge is -2.28. The molecule has 5 nitrogen and oxygen atoms in total. The molecule has 2 rings (SSSR count). The predicted molar refractivity (Wildman–Crippen MR) is 82.8 cm³/mol. The van der Waals surface area contributed by atoms with Crippen LogP contribution in [0.3, 0.4) is 0 Å². The lowest BCUT2D eigenvalue weighted by Crippen LogP contribution is -2.27. The number of hydrogen-bond donors (Lipinski definition) is 1. The molecule has 0 saturated heterocycles. The fourth-order valence-electron chi connectivity index (χ4n) is 2.58. The summed E-state index contributed by atoms with van der Waals surface area (Å²) in [5.74, 6) is 0.635. The summed E-state index contributed by atoms with van der Waals surface area (Å²) in [6, 6.07) is 5.13. The third kappa shape index (κ3) is 3.56. The quantitative estimate of drug-likeness (QED) is 0.663. The van der Waals surface area contributed by atoms with Gasteiger partial charge in [0, 0.05) is 23.4 Å². The molecule has 6 heteroatoms. The Morgan fingerprint density at radius 3 is 2.60 bits per heavy atom. The van der Waals surface area contributed by atoms with Gasteiger partial charge >= 0.3 is 0 Å². The van der Waals surface area contributed by atoms with Gasteiger partial charge in [0.15, 0.2) is 0 Å². The topological polar surface area (TPSA) is 64.4 Å². The molecule has 0 aliphatic heterocycles. The summed E-state index contributed by atoms with van der Waals surface area (Å²) < 4.78 is 5.15. The summed E-state index contributed by atoms with van der Waals surface area (Å²) in [6.45, 7) is 0. The second-order valence-electron chi connectivity index (χ2n) is 4.99. The van der Waals surface area contributed by atoms with Gasteiger partial charge in [-0.2, -0.15) is 11.8 Å². The number of methoxy groups -OCH3 is 1. The smallest absolute Gasteiger partial charge is 0.292 e. The number of thioether (sulfide) groups is 1. The number of ether oxygens (including phenoxy) is 1. The van der Waals surface area contributed by atoms with Crippen LogP contribution >= 0.6 is 11.8 Å². The van der Waals surface area contributed by atoms with Gasteiger partial charge < -0.3 is 10.1 Å². The van der Waals surface area contributed by atoms with E-state index < -0.39 is 0 Å². The molecule has 1 N–H and O–H groups in total. The molecule has 0 radical (unpaired) electrons. The predicted octanol–water partition coefficient (Wildman–Crippen LogP) is 3.69. The minimum Gasteiger partial charge on any atom is -0.497 e. The van der Waals surface area contributed by atoms with E-state index in [0.717, 1.165) is 30.9 Å². The first-order valence-corrected chi connectivity index (χ1v) is 8.04. The molecule has 20 heavy (non-hydrogen) atoms. The lowest BCUT2D eigenvalue weighted by molar-refractivity contribution is -0.384. The fourth-order valence-corrected chi connectivity index (χ4v) is 3.32. The molecule has 1 aromatic carbocycles. The first-order valence-electron chi connectivity index (χ1n) is 6.75. The van der Waals surface area contributed by atoms with E-state index >= 15 is 0 Å². The molecule has 0 amide bonds. The summed E-state index contributed by atoms with van der Waals surface area (Å²) in [4.78, 5) is 10.7. The number of nitro groups is 1. The molecule has 1 aliphatic rings. The van der Waals surface area contributed by atoms with Crippen molar-refractivity contribution in [3.8, 4) is 5.75 Å². The number of nitrogens with zero attached hydrogens (tertiary/aromatic N) is 1. The number of rotatable bonds is 5. The van der Waals surface area contributed by atoms with Gasteiger partial charge in [-0.05, 0) is 38.0 Å². The highest BCUT2D eigenvalue weighted by atomic mass is 32.2. The van der Waals surface area contributed by atoms with Crippen molar-refractivity contribution in [2.45, 2.75) is 37.0 Å². The third-order valence-electron chi connectivity index (χ3n) is 3.77. The molecular formula is C14H20N2O3S. The fraction of sp³-hybridized carbons (Fsp3) is 0.571. The largest absolute Gasteiger partial charge is 0.497 e. The third-order valence-corrected chi connectivity index (χ3v) is 4.91. The van der Waals surface area contributed by atoms with Crippen molar-refractivity contribution in [3.05, 3.63) is 28.3 Å². The molecule has 0 unspecified atom stereocenters. The lowest BCUT2D eigenvalue weighted by atomic mass is 9.94. The first kappa shape index (κ1) is 15.0. The zero-order valence-corrected chi connectivity index (χ0v) is 12.6. The van der Waals surface area contributed by atoms with Crippen LogP contribution in [-0.4, -0.2) is 29.6 Å². The van der Waals surface area contributed by atoms with Crippen LogP contribution in [0.1, 0.15) is 25.7 Å². The Morgan fingerprint density at radius 1 is 1.35 bits per heavy atom. The van der Waals surface area contributed by atoms with E-state index in [-0.39, 0.29) is 10.6 Å². The standard InChI is InChI=1S/C14H20N2O3S/c1-19-11-5-8-14(16(17)18)13(9-11)15-10-3-6-12(20-2)7-4-10/h5,8-10,12,15H,3-4,6-7H2,1-2H3. The summed E-state index contributed by atoms with van der Waals surface area (Å²) in [5, 5.41) is 15.1. The highest BCUT2D eigenvalue weighted by molar-refractivity contribution is 7.99. The van der Waals surface area contributed by atoms with E-state index in [0.29, 0.717) is 17.5 Å². The van der Waals surface area contributed by atoms with Crippen molar-refractivity contribution in [2.24, 2.45) is 0 Å². The molecule has 110 valence electrons. The molecule has 0 atom stereocenters. The van der Waals surface area contributed by atoms with E-state index in [1.54, 1.807) is 19.2 Å². The Balaban J connectivity index is 2.09. The Hall–Kier alpha value is -1.43. The van der Waals surface area contributed by atoms with Gasteiger partial charge in [-0.15, -0.1) is 0 Å². The van der Waals surface area contributed by atoms with Crippen LogP contribution < -0.4 is 10.1 Å². The summed E-state index contributed by atoms with van der Waals surface area (Å²) >= 11 is 1.91. The van der Waals surface area contributed by atoms with E-state index in [1.807, 2.05) is 11.8 Å². The second-order valence-corrected chi connectivity index (χ2v) is 6.13. The van der Waals surface area contributed by atoms with Crippen molar-refractivity contribution < 1.29 is 9.66 Å². The number of anilines is 1. The molecule has 0 spiro atoms. The Kier molecular flexibility index (Phi) is 5.11. The molecule has 0 bridgehead atoms. The van der Waals surface area contributed by atoms with Crippen LogP contribution in [0.4, 0.5) is 11.4 Å². The van der Waals surface area contributed by atoms with Crippen LogP contribution in [0, 0.1) is 10.1 Å². The van der Waals surface area contributed by atoms with Crippen molar-refractivity contribution in [3.63, 3.8) is 0 Å². The second kappa shape index (κ2) is 6.83. The van der Waals surface area contributed by atoms with Crippen LogP contribution in [0.25, 0.3) is 0 Å². The van der Waals surface area contributed by atoms with Gasteiger partial charge in [0.05, 0.1) is 12.0 Å². The van der Waals surface area contributed by atoms with Crippen LogP contribution in [0.5, 0.6) is 5.75 Å². The van der Waals surface area contributed by atoms with Crippen LogP contribution in [-0.2, 0) is 0 Å².